The van der Waals surface area contributed by atoms with E-state index in [0.717, 1.165) is 18.5 Å². The highest BCUT2D eigenvalue weighted by atomic mass is 16.3. The number of aryl methyl sites for hydroxylation is 3. The molecule has 0 saturated carbocycles. The highest BCUT2D eigenvalue weighted by Gasteiger charge is 2.23. The molecule has 0 radical (unpaired) electrons. The Hall–Kier alpha value is -3.69. The van der Waals surface area contributed by atoms with E-state index >= 15 is 0 Å². The van der Waals surface area contributed by atoms with E-state index in [1.807, 2.05) is 6.92 Å². The Kier molecular flexibility index (Phi) is 4.53. The number of aromatic nitrogens is 6. The number of oxazole rings is 1. The Morgan fingerprint density at radius 1 is 1.31 bits per heavy atom. The fourth-order valence-corrected chi connectivity index (χ4v) is 3.20. The molecule has 0 aliphatic carbocycles. The van der Waals surface area contributed by atoms with E-state index in [2.05, 4.69) is 27.1 Å². The van der Waals surface area contributed by atoms with Gasteiger partial charge in [-0.1, -0.05) is 13.3 Å². The molecule has 1 amide bonds. The van der Waals surface area contributed by atoms with Crippen LogP contribution in [0.4, 0.5) is 0 Å². The number of nitrogens with two attached hydrogens (primary N) is 1. The lowest BCUT2D eigenvalue weighted by molar-refractivity contribution is 0.0996. The van der Waals surface area contributed by atoms with Crippen molar-refractivity contribution in [1.82, 2.24) is 29.5 Å². The number of fused-ring (bicyclic) bond motifs is 1. The van der Waals surface area contributed by atoms with Crippen LogP contribution in [0.5, 0.6) is 5.75 Å². The second-order valence-corrected chi connectivity index (χ2v) is 6.84. The monoisotopic (exact) mass is 395 g/mol. The summed E-state index contributed by atoms with van der Waals surface area (Å²) in [6, 6.07) is 1.74. The summed E-state index contributed by atoms with van der Waals surface area (Å²) in [5.41, 5.74) is 7.82. The number of unbranched alkanes of at least 4 members (excludes halogenated alkanes) is 1. The van der Waals surface area contributed by atoms with Gasteiger partial charge in [0.05, 0.1) is 11.7 Å². The molecule has 4 aromatic rings. The van der Waals surface area contributed by atoms with Crippen LogP contribution in [0, 0.1) is 13.8 Å². The smallest absolute Gasteiger partial charge is 0.269 e. The van der Waals surface area contributed by atoms with Crippen LogP contribution >= 0.6 is 0 Å². The standard InChI is InChI=1S/C19H21N7O3/c1-4-5-6-25-16(17(27)11(3)23-25)19-22-14(9-29-19)26-13-8-21-10(2)7-12(13)15(24-26)18(20)28/h7-9,27H,4-6H2,1-3H3,(H2,20,28). The van der Waals surface area contributed by atoms with E-state index in [1.165, 1.54) is 10.9 Å². The molecule has 4 aromatic heterocycles. The first-order valence-electron chi connectivity index (χ1n) is 9.28. The van der Waals surface area contributed by atoms with Crippen LogP contribution in [-0.2, 0) is 6.54 Å². The van der Waals surface area contributed by atoms with Crippen LogP contribution in [0.25, 0.3) is 28.3 Å². The minimum Gasteiger partial charge on any atom is -0.504 e. The Bertz CT molecular complexity index is 1220. The highest BCUT2D eigenvalue weighted by Crippen LogP contribution is 2.33. The second-order valence-electron chi connectivity index (χ2n) is 6.84. The van der Waals surface area contributed by atoms with Crippen molar-refractivity contribution in [2.45, 2.75) is 40.2 Å². The van der Waals surface area contributed by atoms with Gasteiger partial charge in [0, 0.05) is 17.6 Å². The zero-order valence-corrected chi connectivity index (χ0v) is 16.4. The van der Waals surface area contributed by atoms with Crippen LogP contribution in [0.3, 0.4) is 0 Å². The summed E-state index contributed by atoms with van der Waals surface area (Å²) in [6.07, 6.45) is 4.89. The SMILES string of the molecule is CCCCn1nc(C)c(O)c1-c1nc(-n2nc(C(N)=O)c3cc(C)ncc32)co1. The number of carbonyl (C=O) groups excluding carboxylic acids is 1. The van der Waals surface area contributed by atoms with Gasteiger partial charge in [0.2, 0.25) is 0 Å². The quantitative estimate of drug-likeness (QED) is 0.511. The minimum absolute atomic E-state index is 0.0231. The maximum absolute atomic E-state index is 11.8. The van der Waals surface area contributed by atoms with Crippen LogP contribution in [-0.4, -0.2) is 40.5 Å². The largest absolute Gasteiger partial charge is 0.504 e. The maximum atomic E-state index is 11.8. The number of hydrogen-bond donors (Lipinski definition) is 2. The molecule has 0 unspecified atom stereocenters. The first kappa shape index (κ1) is 18.7. The van der Waals surface area contributed by atoms with Crippen molar-refractivity contribution in [2.75, 3.05) is 0 Å². The summed E-state index contributed by atoms with van der Waals surface area (Å²) in [6.45, 7) is 6.25. The third-order valence-corrected chi connectivity index (χ3v) is 4.67. The van der Waals surface area contributed by atoms with E-state index in [4.69, 9.17) is 10.2 Å². The zero-order chi connectivity index (χ0) is 20.7. The molecule has 4 heterocycles. The Morgan fingerprint density at radius 3 is 2.83 bits per heavy atom. The number of aromatic hydroxyl groups is 1. The predicted octanol–water partition coefficient (Wildman–Crippen LogP) is 2.49. The van der Waals surface area contributed by atoms with Gasteiger partial charge in [-0.2, -0.15) is 15.2 Å². The number of carbonyl (C=O) groups is 1. The number of rotatable bonds is 6. The van der Waals surface area contributed by atoms with Gasteiger partial charge in [0.1, 0.15) is 12.0 Å². The first-order valence-corrected chi connectivity index (χ1v) is 9.28. The third-order valence-electron chi connectivity index (χ3n) is 4.67. The van der Waals surface area contributed by atoms with E-state index in [0.29, 0.717) is 34.7 Å². The van der Waals surface area contributed by atoms with Gasteiger partial charge < -0.3 is 15.3 Å². The lowest BCUT2D eigenvalue weighted by Gasteiger charge is -2.03. The summed E-state index contributed by atoms with van der Waals surface area (Å²) in [5.74, 6) is -0.0779. The first-order chi connectivity index (χ1) is 13.9. The molecule has 0 aliphatic rings. The average molecular weight is 395 g/mol. The Balaban J connectivity index is 1.83. The molecule has 10 nitrogen and oxygen atoms in total. The number of pyridine rings is 1. The van der Waals surface area contributed by atoms with Crippen molar-refractivity contribution in [3.8, 4) is 23.2 Å². The minimum atomic E-state index is -0.644. The second kappa shape index (κ2) is 7.04. The number of primary amides is 1. The fraction of sp³-hybridized carbons (Fsp3) is 0.316. The molecule has 0 saturated heterocycles. The highest BCUT2D eigenvalue weighted by molar-refractivity contribution is 6.04. The predicted molar refractivity (Wildman–Crippen MR) is 105 cm³/mol. The molecule has 3 N–H and O–H groups in total. The molecule has 0 atom stereocenters. The molecule has 0 aromatic carbocycles. The van der Waals surface area contributed by atoms with Crippen LogP contribution in [0.1, 0.15) is 41.6 Å². The van der Waals surface area contributed by atoms with Gasteiger partial charge in [-0.05, 0) is 26.3 Å². The molecular weight excluding hydrogens is 374 g/mol. The van der Waals surface area contributed by atoms with Crippen molar-refractivity contribution >= 4 is 16.8 Å². The van der Waals surface area contributed by atoms with Crippen LogP contribution < -0.4 is 5.73 Å². The molecular formula is C19H21N7O3. The fourth-order valence-electron chi connectivity index (χ4n) is 3.20. The van der Waals surface area contributed by atoms with Crippen molar-refractivity contribution < 1.29 is 14.3 Å². The van der Waals surface area contributed by atoms with Gasteiger partial charge in [0.25, 0.3) is 11.8 Å². The lowest BCUT2D eigenvalue weighted by atomic mass is 10.2. The topological polar surface area (TPSA) is 138 Å². The van der Waals surface area contributed by atoms with Gasteiger partial charge in [-0.3, -0.25) is 14.5 Å². The van der Waals surface area contributed by atoms with E-state index in [9.17, 15) is 9.90 Å². The molecule has 0 bridgehead atoms. The molecule has 0 spiro atoms. The van der Waals surface area contributed by atoms with Gasteiger partial charge in [0.15, 0.2) is 23.0 Å². The third kappa shape index (κ3) is 3.12. The van der Waals surface area contributed by atoms with Crippen molar-refractivity contribution in [3.05, 3.63) is 35.6 Å². The van der Waals surface area contributed by atoms with E-state index in [1.54, 1.807) is 23.9 Å². The summed E-state index contributed by atoms with van der Waals surface area (Å²) in [7, 11) is 0. The van der Waals surface area contributed by atoms with Gasteiger partial charge in [-0.25, -0.2) is 4.68 Å². The number of hydrogen-bond acceptors (Lipinski definition) is 7. The van der Waals surface area contributed by atoms with Gasteiger partial charge >= 0.3 is 0 Å². The Morgan fingerprint density at radius 2 is 2.10 bits per heavy atom. The molecule has 29 heavy (non-hydrogen) atoms. The van der Waals surface area contributed by atoms with E-state index < -0.39 is 5.91 Å². The lowest BCUT2D eigenvalue weighted by Crippen LogP contribution is -2.12. The molecule has 0 aliphatic heterocycles. The summed E-state index contributed by atoms with van der Waals surface area (Å²) in [5, 5.41) is 19.7. The van der Waals surface area contributed by atoms with Crippen molar-refractivity contribution in [2.24, 2.45) is 5.73 Å². The molecule has 150 valence electrons. The van der Waals surface area contributed by atoms with Crippen LogP contribution in [0.2, 0.25) is 0 Å². The zero-order valence-electron chi connectivity index (χ0n) is 16.4. The normalized spacial score (nSPS) is 11.4. The number of nitrogens with zero attached hydrogens (tertiary/aromatic N) is 6. The molecule has 4 rings (SSSR count). The van der Waals surface area contributed by atoms with Crippen molar-refractivity contribution in [1.29, 1.82) is 0 Å². The molecule has 10 heteroatoms. The summed E-state index contributed by atoms with van der Waals surface area (Å²) >= 11 is 0. The Labute approximate surface area is 166 Å². The number of amides is 1. The maximum Gasteiger partial charge on any atom is 0.269 e. The summed E-state index contributed by atoms with van der Waals surface area (Å²) < 4.78 is 8.77. The average Bonchev–Trinajstić information content (AvgIpc) is 3.36. The van der Waals surface area contributed by atoms with E-state index in [-0.39, 0.29) is 17.3 Å². The summed E-state index contributed by atoms with van der Waals surface area (Å²) in [4.78, 5) is 20.6. The van der Waals surface area contributed by atoms with Crippen LogP contribution in [0.15, 0.2) is 22.9 Å². The molecule has 0 fully saturated rings. The van der Waals surface area contributed by atoms with Crippen molar-refractivity contribution in [3.63, 3.8) is 0 Å². The van der Waals surface area contributed by atoms with Gasteiger partial charge in [-0.15, -0.1) is 0 Å².